The number of amides is 2. The van der Waals surface area contributed by atoms with Gasteiger partial charge in [-0.15, -0.1) is 0 Å². The van der Waals surface area contributed by atoms with E-state index in [2.05, 4.69) is 10.6 Å². The molecule has 4 rings (SSSR count). The fraction of sp³-hybridized carbons (Fsp3) is 0.143. The third-order valence-corrected chi connectivity index (χ3v) is 5.54. The van der Waals surface area contributed by atoms with Gasteiger partial charge in [0, 0.05) is 18.3 Å². The quantitative estimate of drug-likeness (QED) is 0.639. The number of halogens is 1. The van der Waals surface area contributed by atoms with Crippen LogP contribution in [0.5, 0.6) is 0 Å². The van der Waals surface area contributed by atoms with Crippen LogP contribution in [0.25, 0.3) is 0 Å². The van der Waals surface area contributed by atoms with E-state index < -0.39 is 0 Å². The van der Waals surface area contributed by atoms with Gasteiger partial charge < -0.3 is 10.6 Å². The number of rotatable bonds is 5. The highest BCUT2D eigenvalue weighted by Crippen LogP contribution is 2.33. The van der Waals surface area contributed by atoms with Crippen molar-refractivity contribution in [3.63, 3.8) is 0 Å². The van der Waals surface area contributed by atoms with Crippen molar-refractivity contribution in [3.8, 4) is 0 Å². The molecule has 2 N–H and O–H groups in total. The fourth-order valence-corrected chi connectivity index (χ4v) is 3.93. The van der Waals surface area contributed by atoms with E-state index in [9.17, 15) is 14.0 Å². The van der Waals surface area contributed by atoms with E-state index >= 15 is 0 Å². The zero-order chi connectivity index (χ0) is 19.5. The maximum atomic E-state index is 12.9. The molecule has 2 amide bonds. The van der Waals surface area contributed by atoms with E-state index in [1.165, 1.54) is 24.1 Å². The van der Waals surface area contributed by atoms with Gasteiger partial charge in [0.05, 0.1) is 10.6 Å². The van der Waals surface area contributed by atoms with Gasteiger partial charge in [-0.2, -0.15) is 0 Å². The van der Waals surface area contributed by atoms with Crippen molar-refractivity contribution < 1.29 is 14.0 Å². The molecule has 142 valence electrons. The van der Waals surface area contributed by atoms with Crippen molar-refractivity contribution in [2.75, 3.05) is 11.9 Å². The Hall–Kier alpha value is -3.06. The van der Waals surface area contributed by atoms with Crippen molar-refractivity contribution in [3.05, 3.63) is 83.4 Å². The van der Waals surface area contributed by atoms with Crippen molar-refractivity contribution in [2.24, 2.45) is 0 Å². The number of fused-ring (bicyclic) bond motifs is 2. The van der Waals surface area contributed by atoms with Crippen LogP contribution in [0.15, 0.2) is 65.7 Å². The molecule has 1 aliphatic heterocycles. The predicted molar refractivity (Wildman–Crippen MR) is 107 cm³/mol. The van der Waals surface area contributed by atoms with Gasteiger partial charge in [0.25, 0.3) is 11.8 Å². The normalized spacial score (nSPS) is 12.5. The molecule has 5 nitrogen and oxygen atoms in total. The molecule has 0 bridgehead atoms. The third-order valence-electron chi connectivity index (χ3n) is 4.47. The standard InChI is InChI=1S/C21H18FN3O2S/c22-16-8-5-14(6-9-16)3-1-11-23-20(26)15-7-10-19-17(13-15)24-21(27)18-4-2-12-25(18)28-19/h2,4-10,12-13H,1,3,11H2,(H,23,26)(H,24,27). The second-order valence-corrected chi connectivity index (χ2v) is 7.48. The highest BCUT2D eigenvalue weighted by atomic mass is 32.2. The van der Waals surface area contributed by atoms with Gasteiger partial charge in [0.15, 0.2) is 0 Å². The van der Waals surface area contributed by atoms with Crippen LogP contribution in [-0.2, 0) is 6.42 Å². The molecule has 0 radical (unpaired) electrons. The maximum absolute atomic E-state index is 12.9. The minimum atomic E-state index is -0.252. The Morgan fingerprint density at radius 2 is 1.96 bits per heavy atom. The van der Waals surface area contributed by atoms with Gasteiger partial charge in [-0.1, -0.05) is 12.1 Å². The summed E-state index contributed by atoms with van der Waals surface area (Å²) in [5.41, 5.74) is 2.71. The lowest BCUT2D eigenvalue weighted by Crippen LogP contribution is -2.25. The summed E-state index contributed by atoms with van der Waals surface area (Å²) in [4.78, 5) is 25.6. The first kappa shape index (κ1) is 18.3. The first-order valence-electron chi connectivity index (χ1n) is 8.94. The van der Waals surface area contributed by atoms with Gasteiger partial charge in [-0.25, -0.2) is 4.39 Å². The summed E-state index contributed by atoms with van der Waals surface area (Å²) in [5, 5.41) is 5.75. The molecule has 0 saturated carbocycles. The molecule has 0 spiro atoms. The number of carbonyl (C=O) groups is 2. The van der Waals surface area contributed by atoms with E-state index in [1.807, 2.05) is 18.3 Å². The Morgan fingerprint density at radius 1 is 1.14 bits per heavy atom. The highest BCUT2D eigenvalue weighted by molar-refractivity contribution is 7.98. The lowest BCUT2D eigenvalue weighted by Gasteiger charge is -2.10. The van der Waals surface area contributed by atoms with Crippen LogP contribution in [0, 0.1) is 5.82 Å². The topological polar surface area (TPSA) is 63.1 Å². The molecule has 7 heteroatoms. The summed E-state index contributed by atoms with van der Waals surface area (Å²) in [6.45, 7) is 0.514. The number of nitrogens with zero attached hydrogens (tertiary/aromatic N) is 1. The van der Waals surface area contributed by atoms with Gasteiger partial charge in [-0.05, 0) is 72.8 Å². The number of benzene rings is 2. The van der Waals surface area contributed by atoms with Crippen molar-refractivity contribution >= 4 is 29.4 Å². The van der Waals surface area contributed by atoms with Gasteiger partial charge in [0.1, 0.15) is 11.5 Å². The zero-order valence-electron chi connectivity index (χ0n) is 14.9. The van der Waals surface area contributed by atoms with E-state index in [4.69, 9.17) is 0 Å². The number of anilines is 1. The Kier molecular flexibility index (Phi) is 5.16. The number of aromatic nitrogens is 1. The average Bonchev–Trinajstić information content (AvgIpc) is 3.11. The molecular formula is C21H18FN3O2S. The molecule has 3 aromatic rings. The van der Waals surface area contributed by atoms with E-state index in [1.54, 1.807) is 34.3 Å². The monoisotopic (exact) mass is 395 g/mol. The van der Waals surface area contributed by atoms with Crippen molar-refractivity contribution in [1.29, 1.82) is 0 Å². The van der Waals surface area contributed by atoms with E-state index in [-0.39, 0.29) is 17.6 Å². The summed E-state index contributed by atoms with van der Waals surface area (Å²) in [6.07, 6.45) is 3.34. The van der Waals surface area contributed by atoms with Crippen LogP contribution >= 0.6 is 11.9 Å². The van der Waals surface area contributed by atoms with Crippen LogP contribution in [0.3, 0.4) is 0 Å². The largest absolute Gasteiger partial charge is 0.352 e. The molecule has 28 heavy (non-hydrogen) atoms. The third kappa shape index (κ3) is 3.94. The second kappa shape index (κ2) is 7.90. The van der Waals surface area contributed by atoms with E-state index in [0.29, 0.717) is 23.5 Å². The average molecular weight is 395 g/mol. The van der Waals surface area contributed by atoms with Crippen LogP contribution in [0.4, 0.5) is 10.1 Å². The SMILES string of the molecule is O=C(NCCCc1ccc(F)cc1)c1ccc2c(c1)NC(=O)c1cccn1S2. The smallest absolute Gasteiger partial charge is 0.273 e. The Balaban J connectivity index is 1.37. The molecule has 1 aliphatic rings. The highest BCUT2D eigenvalue weighted by Gasteiger charge is 2.20. The Bertz CT molecular complexity index is 1030. The summed E-state index contributed by atoms with van der Waals surface area (Å²) in [5.74, 6) is -0.642. The minimum Gasteiger partial charge on any atom is -0.352 e. The summed E-state index contributed by atoms with van der Waals surface area (Å²) < 4.78 is 14.7. The number of aryl methyl sites for hydroxylation is 1. The zero-order valence-corrected chi connectivity index (χ0v) is 15.8. The molecule has 0 atom stereocenters. The fourth-order valence-electron chi connectivity index (χ4n) is 3.01. The molecule has 0 unspecified atom stereocenters. The first-order valence-corrected chi connectivity index (χ1v) is 9.71. The summed E-state index contributed by atoms with van der Waals surface area (Å²) in [6, 6.07) is 15.2. The summed E-state index contributed by atoms with van der Waals surface area (Å²) >= 11 is 1.43. The van der Waals surface area contributed by atoms with Gasteiger partial charge >= 0.3 is 0 Å². The van der Waals surface area contributed by atoms with Gasteiger partial charge in [0.2, 0.25) is 0 Å². The molecule has 0 fully saturated rings. The molecular weight excluding hydrogens is 377 g/mol. The molecule has 1 aromatic heterocycles. The molecule has 2 heterocycles. The maximum Gasteiger partial charge on any atom is 0.273 e. The number of hydrogen-bond acceptors (Lipinski definition) is 3. The molecule has 0 aliphatic carbocycles. The lowest BCUT2D eigenvalue weighted by molar-refractivity contribution is 0.0951. The van der Waals surface area contributed by atoms with Crippen LogP contribution in [0.1, 0.15) is 32.8 Å². The van der Waals surface area contributed by atoms with Crippen molar-refractivity contribution in [1.82, 2.24) is 9.29 Å². The number of hydrogen-bond donors (Lipinski definition) is 2. The first-order chi connectivity index (χ1) is 13.6. The molecule has 0 saturated heterocycles. The van der Waals surface area contributed by atoms with Crippen LogP contribution in [0.2, 0.25) is 0 Å². The Labute approximate surface area is 166 Å². The van der Waals surface area contributed by atoms with Crippen LogP contribution < -0.4 is 10.6 Å². The Morgan fingerprint density at radius 3 is 2.79 bits per heavy atom. The number of carbonyl (C=O) groups excluding carboxylic acids is 2. The predicted octanol–water partition coefficient (Wildman–Crippen LogP) is 4.11. The van der Waals surface area contributed by atoms with Crippen molar-refractivity contribution in [2.45, 2.75) is 17.7 Å². The second-order valence-electron chi connectivity index (χ2n) is 6.46. The van der Waals surface area contributed by atoms with E-state index in [0.717, 1.165) is 23.3 Å². The van der Waals surface area contributed by atoms with Gasteiger partial charge in [-0.3, -0.25) is 13.6 Å². The number of nitrogens with one attached hydrogen (secondary N) is 2. The van der Waals surface area contributed by atoms with Crippen LogP contribution in [-0.4, -0.2) is 22.3 Å². The summed E-state index contributed by atoms with van der Waals surface area (Å²) in [7, 11) is 0. The lowest BCUT2D eigenvalue weighted by atomic mass is 10.1. The minimum absolute atomic E-state index is 0.190. The molecule has 2 aromatic carbocycles.